The highest BCUT2D eigenvalue weighted by Crippen LogP contribution is 2.39. The molecule has 3 heterocycles. The van der Waals surface area contributed by atoms with Crippen LogP contribution in [0.1, 0.15) is 53.6 Å². The quantitative estimate of drug-likeness (QED) is 0.375. The molecule has 0 bridgehead atoms. The number of amides is 1. The molecule has 2 saturated heterocycles. The number of anilines is 3. The number of furan rings is 1. The van der Waals surface area contributed by atoms with Crippen molar-refractivity contribution in [2.75, 3.05) is 22.9 Å². The number of carboxylic acids is 1. The Morgan fingerprint density at radius 1 is 1.14 bits per heavy atom. The van der Waals surface area contributed by atoms with Gasteiger partial charge in [0.2, 0.25) is 0 Å². The van der Waals surface area contributed by atoms with Gasteiger partial charge < -0.3 is 25.1 Å². The van der Waals surface area contributed by atoms with Gasteiger partial charge >= 0.3 is 5.97 Å². The molecule has 3 atom stereocenters. The summed E-state index contributed by atoms with van der Waals surface area (Å²) in [4.78, 5) is 50.6. The van der Waals surface area contributed by atoms with Crippen molar-refractivity contribution in [3.63, 3.8) is 0 Å². The monoisotopic (exact) mass is 527 g/mol. The Kier molecular flexibility index (Phi) is 6.80. The van der Waals surface area contributed by atoms with Crippen molar-refractivity contribution in [3.8, 4) is 0 Å². The molecule has 0 aliphatic carbocycles. The first-order valence-corrected chi connectivity index (χ1v) is 13.2. The number of benzene rings is 1. The van der Waals surface area contributed by atoms with Crippen LogP contribution in [0.2, 0.25) is 0 Å². The van der Waals surface area contributed by atoms with Crippen LogP contribution < -0.4 is 21.5 Å². The van der Waals surface area contributed by atoms with Crippen LogP contribution in [0.15, 0.2) is 44.3 Å². The number of nitrogens with zero attached hydrogens (tertiary/aromatic N) is 1. The number of carbonyl (C=O) groups excluding carboxylic acids is 1. The number of carbonyl (C=O) groups is 2. The molecule has 0 saturated carbocycles. The van der Waals surface area contributed by atoms with Gasteiger partial charge in [0.1, 0.15) is 28.9 Å². The van der Waals surface area contributed by atoms with Crippen LogP contribution in [0.5, 0.6) is 0 Å². The van der Waals surface area contributed by atoms with Gasteiger partial charge in [-0.05, 0) is 62.6 Å². The first-order valence-electron chi connectivity index (χ1n) is 12.1. The van der Waals surface area contributed by atoms with Gasteiger partial charge in [-0.3, -0.25) is 14.4 Å². The summed E-state index contributed by atoms with van der Waals surface area (Å²) in [5.41, 5.74) is -2.02. The molecule has 9 nitrogen and oxygen atoms in total. The van der Waals surface area contributed by atoms with Gasteiger partial charge in [0, 0.05) is 11.8 Å². The van der Waals surface area contributed by atoms with Gasteiger partial charge in [0.15, 0.2) is 5.82 Å². The molecule has 2 aromatic carbocycles. The fraction of sp³-hybridized carbons (Fsp3) is 0.385. The van der Waals surface area contributed by atoms with Crippen LogP contribution in [0, 0.1) is 12.7 Å². The molecule has 3 N–H and O–H groups in total. The van der Waals surface area contributed by atoms with Gasteiger partial charge in [-0.15, -0.1) is 0 Å². The maximum Gasteiger partial charge on any atom is 0.326 e. The van der Waals surface area contributed by atoms with E-state index in [1.807, 2.05) is 19.1 Å². The lowest BCUT2D eigenvalue weighted by Crippen LogP contribution is -2.41. The predicted octanol–water partition coefficient (Wildman–Crippen LogP) is 3.80. The number of hydrogen-bond donors (Lipinski definition) is 3. The zero-order chi connectivity index (χ0) is 26.3. The molecule has 1 aromatic heterocycles. The van der Waals surface area contributed by atoms with Crippen LogP contribution in [-0.2, 0) is 4.79 Å². The molecule has 2 fully saturated rings. The molecule has 37 heavy (non-hydrogen) atoms. The zero-order valence-electron chi connectivity index (χ0n) is 20.1. The van der Waals surface area contributed by atoms with Crippen molar-refractivity contribution in [1.82, 2.24) is 4.90 Å². The van der Waals surface area contributed by atoms with E-state index in [-0.39, 0.29) is 40.5 Å². The van der Waals surface area contributed by atoms with Crippen LogP contribution in [0.25, 0.3) is 0 Å². The van der Waals surface area contributed by atoms with E-state index in [2.05, 4.69) is 10.6 Å². The second kappa shape index (κ2) is 10.0. The molecule has 3 aromatic rings. The summed E-state index contributed by atoms with van der Waals surface area (Å²) in [6.45, 7) is 2.04. The topological polar surface area (TPSA) is 129 Å². The van der Waals surface area contributed by atoms with Gasteiger partial charge in [-0.1, -0.05) is 6.07 Å². The standard InChI is InChI=1S/C26H26FN3O6S/c1-13-9-10-17(36-13)20(18-8-4-12-37-18)29-22-21(23(31)24(22)32)28-15-6-2-5-14(19(15)27)25(33)30-11-3-7-16(30)26(34)35/h2,5-6,9-10,16,18,20,28-29H,3-4,7-8,11-12H2,1H3,(H,34,35)/t16-,18?,20?/m0/s1. The van der Waals surface area contributed by atoms with E-state index >= 15 is 4.39 Å². The second-order valence-electron chi connectivity index (χ2n) is 9.32. The van der Waals surface area contributed by atoms with E-state index in [9.17, 15) is 24.3 Å². The molecule has 194 valence electrons. The zero-order valence-corrected chi connectivity index (χ0v) is 20.9. The average molecular weight is 528 g/mol. The highest BCUT2D eigenvalue weighted by atomic mass is 32.2. The third-order valence-corrected chi connectivity index (χ3v) is 8.36. The number of carboxylic acid groups (broad SMARTS) is 1. The normalized spacial score (nSPS) is 20.3. The summed E-state index contributed by atoms with van der Waals surface area (Å²) in [6.07, 6.45) is 2.74. The van der Waals surface area contributed by atoms with Crippen LogP contribution >= 0.6 is 11.8 Å². The minimum Gasteiger partial charge on any atom is -0.480 e. The Labute approximate surface area is 215 Å². The van der Waals surface area contributed by atoms with Gasteiger partial charge in [0.25, 0.3) is 16.8 Å². The number of aryl methyl sites for hydroxylation is 1. The average Bonchev–Trinajstić information content (AvgIpc) is 3.66. The first kappa shape index (κ1) is 25.1. The van der Waals surface area contributed by atoms with Gasteiger partial charge in [-0.2, -0.15) is 11.8 Å². The van der Waals surface area contributed by atoms with E-state index in [1.54, 1.807) is 11.8 Å². The summed E-state index contributed by atoms with van der Waals surface area (Å²) < 4.78 is 21.3. The van der Waals surface area contributed by atoms with E-state index in [4.69, 9.17) is 4.42 Å². The Bertz CT molecular complexity index is 1420. The largest absolute Gasteiger partial charge is 0.480 e. The summed E-state index contributed by atoms with van der Waals surface area (Å²) in [6, 6.07) is 6.36. The molecule has 2 unspecified atom stereocenters. The second-order valence-corrected chi connectivity index (χ2v) is 10.7. The number of likely N-dealkylation sites (tertiary alicyclic amines) is 1. The van der Waals surface area contributed by atoms with E-state index < -0.39 is 34.6 Å². The Morgan fingerprint density at radius 2 is 1.92 bits per heavy atom. The van der Waals surface area contributed by atoms with Crippen LogP contribution in [0.4, 0.5) is 21.5 Å². The molecule has 11 heteroatoms. The molecule has 5 rings (SSSR count). The fourth-order valence-electron chi connectivity index (χ4n) is 4.99. The summed E-state index contributed by atoms with van der Waals surface area (Å²) >= 11 is 1.75. The van der Waals surface area contributed by atoms with Crippen molar-refractivity contribution >= 4 is 40.7 Å². The maximum atomic E-state index is 15.4. The van der Waals surface area contributed by atoms with Crippen molar-refractivity contribution < 1.29 is 23.5 Å². The number of thioether (sulfide) groups is 1. The molecular weight excluding hydrogens is 501 g/mol. The lowest BCUT2D eigenvalue weighted by atomic mass is 10.0. The first-order chi connectivity index (χ1) is 17.8. The molecule has 0 spiro atoms. The molecule has 0 radical (unpaired) electrons. The van der Waals surface area contributed by atoms with Crippen molar-refractivity contribution in [3.05, 3.63) is 73.7 Å². The third kappa shape index (κ3) is 4.63. The number of aliphatic carboxylic acids is 1. The predicted molar refractivity (Wildman–Crippen MR) is 138 cm³/mol. The van der Waals surface area contributed by atoms with E-state index in [1.165, 1.54) is 18.2 Å². The third-order valence-electron chi connectivity index (χ3n) is 6.90. The maximum absolute atomic E-state index is 15.4. The minimum atomic E-state index is -1.14. The van der Waals surface area contributed by atoms with Gasteiger partial charge in [0.05, 0.1) is 17.3 Å². The molecular formula is C26H26FN3O6S. The number of nitrogens with one attached hydrogen (secondary N) is 2. The van der Waals surface area contributed by atoms with Crippen molar-refractivity contribution in [1.29, 1.82) is 0 Å². The van der Waals surface area contributed by atoms with Crippen molar-refractivity contribution in [2.45, 2.75) is 49.9 Å². The highest BCUT2D eigenvalue weighted by Gasteiger charge is 2.36. The molecule has 1 amide bonds. The summed E-state index contributed by atoms with van der Waals surface area (Å²) in [7, 11) is 0. The lowest BCUT2D eigenvalue weighted by Gasteiger charge is -2.25. The van der Waals surface area contributed by atoms with Gasteiger partial charge in [-0.25, -0.2) is 9.18 Å². The lowest BCUT2D eigenvalue weighted by molar-refractivity contribution is -0.141. The van der Waals surface area contributed by atoms with E-state index in [0.717, 1.165) is 29.3 Å². The minimum absolute atomic E-state index is 0.0400. The van der Waals surface area contributed by atoms with E-state index in [0.29, 0.717) is 18.6 Å². The number of rotatable bonds is 8. The smallest absolute Gasteiger partial charge is 0.326 e. The Balaban J connectivity index is 1.42. The summed E-state index contributed by atoms with van der Waals surface area (Å²) in [5.74, 6) is -0.450. The SMILES string of the molecule is Cc1ccc(C(Nc2c(Nc3cccc(C(=O)N4CCC[C@H]4C(=O)O)c3F)c(=O)c2=O)C2CCCS2)o1. The molecule has 2 aliphatic heterocycles. The summed E-state index contributed by atoms with van der Waals surface area (Å²) in [5, 5.41) is 15.4. The highest BCUT2D eigenvalue weighted by molar-refractivity contribution is 8.00. The molecule has 2 aliphatic rings. The van der Waals surface area contributed by atoms with Crippen molar-refractivity contribution in [2.24, 2.45) is 0 Å². The van der Waals surface area contributed by atoms with Crippen LogP contribution in [-0.4, -0.2) is 45.5 Å². The fourth-order valence-corrected chi connectivity index (χ4v) is 6.35. The Morgan fingerprint density at radius 3 is 2.59 bits per heavy atom. The van der Waals surface area contributed by atoms with Crippen LogP contribution in [0.3, 0.4) is 0 Å². The number of hydrogen-bond acceptors (Lipinski definition) is 8. The Hall–Kier alpha value is -3.60. The number of halogens is 1.